The van der Waals surface area contributed by atoms with Gasteiger partial charge in [0, 0.05) is 11.6 Å². The Morgan fingerprint density at radius 2 is 1.87 bits per heavy atom. The molecule has 0 spiro atoms. The van der Waals surface area contributed by atoms with Gasteiger partial charge in [-0.05, 0) is 35.4 Å². The Hall–Kier alpha value is -1.91. The van der Waals surface area contributed by atoms with Crippen molar-refractivity contribution in [3.63, 3.8) is 0 Å². The van der Waals surface area contributed by atoms with Crippen LogP contribution in [0.5, 0.6) is 0 Å². The van der Waals surface area contributed by atoms with Gasteiger partial charge in [-0.3, -0.25) is 4.79 Å². The lowest BCUT2D eigenvalue weighted by atomic mass is 10.0. The molecule has 1 fully saturated rings. The van der Waals surface area contributed by atoms with E-state index in [0.29, 0.717) is 31.2 Å². The monoisotopic (exact) mass is 333 g/mol. The van der Waals surface area contributed by atoms with Crippen molar-refractivity contribution in [1.29, 1.82) is 0 Å². The Bertz CT molecular complexity index is 672. The van der Waals surface area contributed by atoms with E-state index in [4.69, 9.17) is 16.3 Å². The zero-order valence-corrected chi connectivity index (χ0v) is 13.3. The first-order valence-electron chi connectivity index (χ1n) is 7.50. The topological polar surface area (TPSA) is 29.5 Å². The van der Waals surface area contributed by atoms with E-state index >= 15 is 0 Å². The van der Waals surface area contributed by atoms with Crippen LogP contribution in [0.25, 0.3) is 0 Å². The van der Waals surface area contributed by atoms with Gasteiger partial charge >= 0.3 is 0 Å². The summed E-state index contributed by atoms with van der Waals surface area (Å²) in [7, 11) is 0. The molecule has 1 aliphatic heterocycles. The maximum atomic E-state index is 13.1. The fraction of sp³-hybridized carbons (Fsp3) is 0.278. The summed E-state index contributed by atoms with van der Waals surface area (Å²) in [6.45, 7) is 1.48. The lowest BCUT2D eigenvalue weighted by molar-refractivity contribution is -0.139. The molecule has 23 heavy (non-hydrogen) atoms. The van der Waals surface area contributed by atoms with Gasteiger partial charge in [-0.25, -0.2) is 4.39 Å². The highest BCUT2D eigenvalue weighted by molar-refractivity contribution is 6.30. The summed E-state index contributed by atoms with van der Waals surface area (Å²) >= 11 is 5.87. The van der Waals surface area contributed by atoms with Crippen LogP contribution in [-0.4, -0.2) is 30.6 Å². The van der Waals surface area contributed by atoms with Gasteiger partial charge < -0.3 is 9.64 Å². The van der Waals surface area contributed by atoms with Crippen LogP contribution in [-0.2, 0) is 16.0 Å². The van der Waals surface area contributed by atoms with Crippen LogP contribution in [0.1, 0.15) is 17.2 Å². The molecular weight excluding hydrogens is 317 g/mol. The summed E-state index contributed by atoms with van der Waals surface area (Å²) in [5.74, 6) is -0.255. The molecule has 0 aliphatic carbocycles. The number of halogens is 2. The molecule has 5 heteroatoms. The highest BCUT2D eigenvalue weighted by atomic mass is 35.5. The second kappa shape index (κ2) is 7.11. The number of carbonyl (C=O) groups is 1. The number of nitrogens with zero attached hydrogens (tertiary/aromatic N) is 1. The largest absolute Gasteiger partial charge is 0.377 e. The normalized spacial score (nSPS) is 18.0. The van der Waals surface area contributed by atoms with Gasteiger partial charge in [-0.2, -0.15) is 0 Å². The van der Waals surface area contributed by atoms with Crippen molar-refractivity contribution in [3.8, 4) is 0 Å². The Kier molecular flexibility index (Phi) is 4.94. The fourth-order valence-electron chi connectivity index (χ4n) is 2.74. The third-order valence-corrected chi connectivity index (χ3v) is 4.22. The Balaban J connectivity index is 1.76. The minimum Gasteiger partial charge on any atom is -0.377 e. The van der Waals surface area contributed by atoms with Crippen molar-refractivity contribution in [1.82, 2.24) is 4.90 Å². The number of ether oxygens (including phenoxy) is 1. The molecule has 120 valence electrons. The summed E-state index contributed by atoms with van der Waals surface area (Å²) in [6, 6.07) is 13.3. The molecule has 3 rings (SSSR count). The molecule has 1 heterocycles. The molecule has 0 saturated carbocycles. The Morgan fingerprint density at radius 1 is 1.17 bits per heavy atom. The van der Waals surface area contributed by atoms with Gasteiger partial charge in [0.2, 0.25) is 5.91 Å². The molecule has 2 aromatic rings. The minimum absolute atomic E-state index is 0.0324. The molecule has 1 amide bonds. The quantitative estimate of drug-likeness (QED) is 0.858. The van der Waals surface area contributed by atoms with Crippen molar-refractivity contribution in [2.24, 2.45) is 0 Å². The summed E-state index contributed by atoms with van der Waals surface area (Å²) < 4.78 is 18.6. The van der Waals surface area contributed by atoms with E-state index in [2.05, 4.69) is 0 Å². The predicted octanol–water partition coefficient (Wildman–Crippen LogP) is 3.62. The molecule has 0 bridgehead atoms. The fourth-order valence-corrected chi connectivity index (χ4v) is 2.87. The lowest BCUT2D eigenvalue weighted by Gasteiger charge is -2.36. The molecule has 3 nitrogen and oxygen atoms in total. The lowest BCUT2D eigenvalue weighted by Crippen LogP contribution is -2.44. The number of carbonyl (C=O) groups excluding carboxylic acids is 1. The van der Waals surface area contributed by atoms with E-state index in [1.54, 1.807) is 24.3 Å². The Labute approximate surface area is 139 Å². The van der Waals surface area contributed by atoms with Crippen molar-refractivity contribution in [2.45, 2.75) is 12.5 Å². The predicted molar refractivity (Wildman–Crippen MR) is 86.8 cm³/mol. The standard InChI is InChI=1S/C18H17ClFNO2/c19-15-5-1-13(2-6-15)11-18(22)21-9-10-23-12-17(21)14-3-7-16(20)8-4-14/h1-8,17H,9-12H2. The van der Waals surface area contributed by atoms with Crippen LogP contribution < -0.4 is 0 Å². The van der Waals surface area contributed by atoms with Gasteiger partial charge in [0.1, 0.15) is 5.82 Å². The second-order valence-electron chi connectivity index (χ2n) is 5.53. The summed E-state index contributed by atoms with van der Waals surface area (Å²) in [5.41, 5.74) is 1.80. The van der Waals surface area contributed by atoms with E-state index in [9.17, 15) is 9.18 Å². The number of rotatable bonds is 3. The molecule has 0 aromatic heterocycles. The summed E-state index contributed by atoms with van der Waals surface area (Å²) in [5, 5.41) is 0.650. The number of hydrogen-bond donors (Lipinski definition) is 0. The first kappa shape index (κ1) is 16.0. The highest BCUT2D eigenvalue weighted by Gasteiger charge is 2.28. The van der Waals surface area contributed by atoms with Crippen molar-refractivity contribution < 1.29 is 13.9 Å². The van der Waals surface area contributed by atoms with Gasteiger partial charge in [0.05, 0.1) is 25.7 Å². The van der Waals surface area contributed by atoms with Crippen LogP contribution >= 0.6 is 11.6 Å². The first-order chi connectivity index (χ1) is 11.1. The third kappa shape index (κ3) is 3.89. The summed E-state index contributed by atoms with van der Waals surface area (Å²) in [4.78, 5) is 14.5. The van der Waals surface area contributed by atoms with Gasteiger partial charge in [-0.15, -0.1) is 0 Å². The third-order valence-electron chi connectivity index (χ3n) is 3.97. The van der Waals surface area contributed by atoms with Crippen LogP contribution in [0.4, 0.5) is 4.39 Å². The molecule has 1 aliphatic rings. The van der Waals surface area contributed by atoms with Crippen molar-refractivity contribution in [3.05, 3.63) is 70.5 Å². The average molecular weight is 334 g/mol. The molecular formula is C18H17ClFNO2. The van der Waals surface area contributed by atoms with Crippen molar-refractivity contribution >= 4 is 17.5 Å². The van der Waals surface area contributed by atoms with Crippen LogP contribution in [0.15, 0.2) is 48.5 Å². The second-order valence-corrected chi connectivity index (χ2v) is 5.97. The van der Waals surface area contributed by atoms with Crippen molar-refractivity contribution in [2.75, 3.05) is 19.8 Å². The van der Waals surface area contributed by atoms with Crippen LogP contribution in [0, 0.1) is 5.82 Å². The highest BCUT2D eigenvalue weighted by Crippen LogP contribution is 2.25. The van der Waals surface area contributed by atoms with E-state index < -0.39 is 0 Å². The van der Waals surface area contributed by atoms with Crippen LogP contribution in [0.3, 0.4) is 0 Å². The zero-order chi connectivity index (χ0) is 16.2. The zero-order valence-electron chi connectivity index (χ0n) is 12.5. The summed E-state index contributed by atoms with van der Waals surface area (Å²) in [6.07, 6.45) is 0.314. The van der Waals surface area contributed by atoms with E-state index in [0.717, 1.165) is 11.1 Å². The van der Waals surface area contributed by atoms with E-state index in [1.165, 1.54) is 12.1 Å². The number of hydrogen-bond acceptors (Lipinski definition) is 2. The number of benzene rings is 2. The molecule has 0 N–H and O–H groups in total. The SMILES string of the molecule is O=C(Cc1ccc(Cl)cc1)N1CCOCC1c1ccc(F)cc1. The van der Waals surface area contributed by atoms with Gasteiger partial charge in [0.15, 0.2) is 0 Å². The van der Waals surface area contributed by atoms with Gasteiger partial charge in [0.25, 0.3) is 0 Å². The molecule has 1 atom stereocenters. The average Bonchev–Trinajstić information content (AvgIpc) is 2.58. The maximum Gasteiger partial charge on any atom is 0.227 e. The molecule has 1 unspecified atom stereocenters. The first-order valence-corrected chi connectivity index (χ1v) is 7.88. The number of morpholine rings is 1. The number of amides is 1. The molecule has 2 aromatic carbocycles. The Morgan fingerprint density at radius 3 is 2.57 bits per heavy atom. The minimum atomic E-state index is -0.287. The smallest absolute Gasteiger partial charge is 0.227 e. The van der Waals surface area contributed by atoms with Crippen LogP contribution in [0.2, 0.25) is 5.02 Å². The maximum absolute atomic E-state index is 13.1. The molecule has 1 saturated heterocycles. The van der Waals surface area contributed by atoms with E-state index in [1.807, 2.05) is 17.0 Å². The molecule has 0 radical (unpaired) electrons. The van der Waals surface area contributed by atoms with E-state index in [-0.39, 0.29) is 17.8 Å². The van der Waals surface area contributed by atoms with Gasteiger partial charge in [-0.1, -0.05) is 35.9 Å².